The largest absolute Gasteiger partial charge is 0.250 e. The van der Waals surface area contributed by atoms with Gasteiger partial charge < -0.3 is 0 Å². The Bertz CT molecular complexity index is 686. The molecule has 96 valence electrons. The van der Waals surface area contributed by atoms with Gasteiger partial charge in [-0.1, -0.05) is 44.2 Å². The molecule has 0 amide bonds. The van der Waals surface area contributed by atoms with E-state index in [1.54, 1.807) is 6.20 Å². The van der Waals surface area contributed by atoms with E-state index < -0.39 is 0 Å². The molecule has 0 saturated carbocycles. The van der Waals surface area contributed by atoms with Crippen molar-refractivity contribution >= 4 is 11.2 Å². The Morgan fingerprint density at radius 2 is 1.84 bits per heavy atom. The first-order chi connectivity index (χ1) is 9.81. The molecule has 0 aliphatic heterocycles. The van der Waals surface area contributed by atoms with Crippen LogP contribution in [0, 0.1) is 0 Å². The number of nitrogens with zero attached hydrogens (tertiary/aromatic N) is 4. The van der Waals surface area contributed by atoms with Crippen molar-refractivity contribution in [1.82, 2.24) is 19.9 Å². The van der Waals surface area contributed by atoms with Crippen molar-refractivity contribution in [2.45, 2.75) is 20.3 Å². The van der Waals surface area contributed by atoms with E-state index in [0.717, 1.165) is 5.56 Å². The third-order valence-corrected chi connectivity index (χ3v) is 2.44. The van der Waals surface area contributed by atoms with Crippen molar-refractivity contribution < 1.29 is 1.37 Å². The SMILES string of the molecule is CC.[2H]c1cnc2cnc(Cc3ccccc3)nc2n1. The van der Waals surface area contributed by atoms with Crippen LogP contribution in [0.2, 0.25) is 0 Å². The molecule has 0 bridgehead atoms. The third kappa shape index (κ3) is 3.31. The summed E-state index contributed by atoms with van der Waals surface area (Å²) in [4.78, 5) is 16.7. The minimum Gasteiger partial charge on any atom is -0.250 e. The van der Waals surface area contributed by atoms with Crippen LogP contribution in [-0.2, 0) is 6.42 Å². The Kier molecular flexibility index (Phi) is 4.03. The van der Waals surface area contributed by atoms with Gasteiger partial charge >= 0.3 is 0 Å². The normalized spacial score (nSPS) is 10.5. The topological polar surface area (TPSA) is 51.6 Å². The molecule has 2 heterocycles. The molecule has 0 aliphatic carbocycles. The number of aromatic nitrogens is 4. The lowest BCUT2D eigenvalue weighted by molar-refractivity contribution is 0.976. The van der Waals surface area contributed by atoms with E-state index >= 15 is 0 Å². The van der Waals surface area contributed by atoms with Crippen LogP contribution in [0.25, 0.3) is 11.2 Å². The van der Waals surface area contributed by atoms with Crippen molar-refractivity contribution in [3.8, 4) is 0 Å². The van der Waals surface area contributed by atoms with Crippen LogP contribution in [0.15, 0.2) is 48.9 Å². The molecule has 0 fully saturated rings. The van der Waals surface area contributed by atoms with Gasteiger partial charge in [0.05, 0.1) is 7.57 Å². The maximum atomic E-state index is 7.43. The Morgan fingerprint density at radius 3 is 2.63 bits per heavy atom. The summed E-state index contributed by atoms with van der Waals surface area (Å²) in [5.74, 6) is 0.689. The molecule has 0 unspecified atom stereocenters. The van der Waals surface area contributed by atoms with Gasteiger partial charge in [0.25, 0.3) is 0 Å². The van der Waals surface area contributed by atoms with Crippen molar-refractivity contribution in [2.75, 3.05) is 0 Å². The van der Waals surface area contributed by atoms with Crippen LogP contribution in [0.3, 0.4) is 0 Å². The molecular formula is C15H16N4. The highest BCUT2D eigenvalue weighted by Gasteiger charge is 2.02. The van der Waals surface area contributed by atoms with Crippen LogP contribution < -0.4 is 0 Å². The minimum absolute atomic E-state index is 0.117. The molecule has 4 nitrogen and oxygen atoms in total. The number of rotatable bonds is 2. The molecule has 4 heteroatoms. The standard InChI is InChI=1S/C13H10N4.C2H6/c1-2-4-10(5-3-1)8-12-16-9-11-13(17-12)15-7-6-14-11;1-2/h1-7,9H,8H2;1-2H3/i7D;. The van der Waals surface area contributed by atoms with E-state index in [0.29, 0.717) is 23.4 Å². The smallest absolute Gasteiger partial charge is 0.181 e. The Hall–Kier alpha value is -2.36. The lowest BCUT2D eigenvalue weighted by atomic mass is 10.1. The highest BCUT2D eigenvalue weighted by molar-refractivity contribution is 5.67. The highest BCUT2D eigenvalue weighted by atomic mass is 15.0. The second-order valence-electron chi connectivity index (χ2n) is 3.66. The minimum atomic E-state index is 0.117. The predicted molar refractivity (Wildman–Crippen MR) is 75.7 cm³/mol. The summed E-state index contributed by atoms with van der Waals surface area (Å²) >= 11 is 0. The zero-order valence-electron chi connectivity index (χ0n) is 12.0. The molecule has 0 spiro atoms. The Morgan fingerprint density at radius 1 is 1.05 bits per heavy atom. The van der Waals surface area contributed by atoms with Gasteiger partial charge in [0, 0.05) is 18.8 Å². The van der Waals surface area contributed by atoms with E-state index in [4.69, 9.17) is 1.37 Å². The van der Waals surface area contributed by atoms with Crippen molar-refractivity contribution in [3.05, 3.63) is 60.3 Å². The van der Waals surface area contributed by atoms with E-state index in [2.05, 4.69) is 19.9 Å². The van der Waals surface area contributed by atoms with Crippen molar-refractivity contribution in [3.63, 3.8) is 0 Å². The second kappa shape index (κ2) is 6.54. The second-order valence-corrected chi connectivity index (χ2v) is 3.66. The van der Waals surface area contributed by atoms with Crippen molar-refractivity contribution in [2.24, 2.45) is 0 Å². The van der Waals surface area contributed by atoms with Gasteiger partial charge in [0.1, 0.15) is 11.3 Å². The van der Waals surface area contributed by atoms with E-state index in [9.17, 15) is 0 Å². The molecule has 19 heavy (non-hydrogen) atoms. The summed E-state index contributed by atoms with van der Waals surface area (Å²) < 4.78 is 7.43. The average Bonchev–Trinajstić information content (AvgIpc) is 2.50. The molecule has 0 saturated heterocycles. The summed E-state index contributed by atoms with van der Waals surface area (Å²) in [6.07, 6.45) is 3.81. The zero-order chi connectivity index (χ0) is 14.4. The number of benzene rings is 1. The third-order valence-electron chi connectivity index (χ3n) is 2.44. The van der Waals surface area contributed by atoms with Crippen LogP contribution in [0.5, 0.6) is 0 Å². The Labute approximate surface area is 114 Å². The van der Waals surface area contributed by atoms with Gasteiger partial charge in [0.15, 0.2) is 5.65 Å². The van der Waals surface area contributed by atoms with Crippen LogP contribution in [0.4, 0.5) is 0 Å². The fraction of sp³-hybridized carbons (Fsp3) is 0.200. The van der Waals surface area contributed by atoms with Gasteiger partial charge in [-0.2, -0.15) is 0 Å². The molecule has 3 rings (SSSR count). The van der Waals surface area contributed by atoms with Gasteiger partial charge in [-0.05, 0) is 5.56 Å². The number of fused-ring (bicyclic) bond motifs is 1. The monoisotopic (exact) mass is 253 g/mol. The summed E-state index contributed by atoms with van der Waals surface area (Å²) in [7, 11) is 0. The summed E-state index contributed by atoms with van der Waals surface area (Å²) in [5.41, 5.74) is 2.23. The quantitative estimate of drug-likeness (QED) is 0.704. The van der Waals surface area contributed by atoms with Crippen LogP contribution >= 0.6 is 0 Å². The number of hydrogen-bond donors (Lipinski definition) is 0. The van der Waals surface area contributed by atoms with E-state index in [1.165, 1.54) is 6.20 Å². The lowest BCUT2D eigenvalue weighted by Crippen LogP contribution is -1.98. The first-order valence-electron chi connectivity index (χ1n) is 6.80. The van der Waals surface area contributed by atoms with Gasteiger partial charge in [0.2, 0.25) is 0 Å². The number of hydrogen-bond acceptors (Lipinski definition) is 4. The zero-order valence-corrected chi connectivity index (χ0v) is 11.0. The summed E-state index contributed by atoms with van der Waals surface area (Å²) in [6.45, 7) is 4.00. The highest BCUT2D eigenvalue weighted by Crippen LogP contribution is 2.08. The fourth-order valence-electron chi connectivity index (χ4n) is 1.63. The van der Waals surface area contributed by atoms with Crippen LogP contribution in [0.1, 0.15) is 26.6 Å². The van der Waals surface area contributed by atoms with Gasteiger partial charge in [-0.15, -0.1) is 0 Å². The molecule has 0 radical (unpaired) electrons. The first kappa shape index (κ1) is 11.7. The van der Waals surface area contributed by atoms with Gasteiger partial charge in [-0.25, -0.2) is 19.9 Å². The lowest BCUT2D eigenvalue weighted by Gasteiger charge is -2.01. The molecule has 0 aliphatic rings. The first-order valence-corrected chi connectivity index (χ1v) is 6.30. The summed E-state index contributed by atoms with van der Waals surface area (Å²) in [5, 5.41) is 0. The van der Waals surface area contributed by atoms with Crippen LogP contribution in [-0.4, -0.2) is 19.9 Å². The summed E-state index contributed by atoms with van der Waals surface area (Å²) in [6, 6.07) is 10.00. The molecule has 2 aromatic heterocycles. The van der Waals surface area contributed by atoms with E-state index in [-0.39, 0.29) is 6.17 Å². The van der Waals surface area contributed by atoms with Crippen molar-refractivity contribution in [1.29, 1.82) is 0 Å². The molecule has 1 aromatic carbocycles. The fourth-order valence-corrected chi connectivity index (χ4v) is 1.63. The Balaban J connectivity index is 0.000000704. The van der Waals surface area contributed by atoms with E-state index in [1.807, 2.05) is 44.2 Å². The molecule has 3 aromatic rings. The predicted octanol–water partition coefficient (Wildman–Crippen LogP) is 3.04. The molecule has 0 atom stereocenters. The average molecular weight is 253 g/mol. The molecular weight excluding hydrogens is 236 g/mol. The maximum absolute atomic E-state index is 7.43. The molecule has 0 N–H and O–H groups in total. The van der Waals surface area contributed by atoms with Gasteiger partial charge in [-0.3, -0.25) is 0 Å². The maximum Gasteiger partial charge on any atom is 0.181 e.